The van der Waals surface area contributed by atoms with Gasteiger partial charge >= 0.3 is 6.09 Å². The molecule has 0 saturated carbocycles. The summed E-state index contributed by atoms with van der Waals surface area (Å²) in [7, 11) is 0. The van der Waals surface area contributed by atoms with E-state index in [4.69, 9.17) is 16.3 Å². The molecule has 0 atom stereocenters. The van der Waals surface area contributed by atoms with Gasteiger partial charge < -0.3 is 9.64 Å². The van der Waals surface area contributed by atoms with Gasteiger partial charge in [0, 0.05) is 23.9 Å². The second-order valence-corrected chi connectivity index (χ2v) is 9.98. The van der Waals surface area contributed by atoms with E-state index in [1.807, 2.05) is 43.5 Å². The van der Waals surface area contributed by atoms with Crippen molar-refractivity contribution in [2.24, 2.45) is 0 Å². The number of halogens is 1. The number of benzene rings is 1. The molecule has 1 aliphatic heterocycles. The van der Waals surface area contributed by atoms with Gasteiger partial charge in [0.25, 0.3) is 0 Å². The highest BCUT2D eigenvalue weighted by Gasteiger charge is 2.25. The fourth-order valence-electron chi connectivity index (χ4n) is 3.03. The molecule has 2 heterocycles. The van der Waals surface area contributed by atoms with Crippen molar-refractivity contribution in [1.82, 2.24) is 4.90 Å². The number of carbonyl (C=O) groups is 1. The zero-order valence-electron chi connectivity index (χ0n) is 15.4. The van der Waals surface area contributed by atoms with Gasteiger partial charge in [0.2, 0.25) is 0 Å². The minimum atomic E-state index is -0.470. The van der Waals surface area contributed by atoms with Gasteiger partial charge in [0.1, 0.15) is 5.60 Å². The standard InChI is InChI=1S/C20H24ClNO2S2/c1-20(2,3)24-19(23)22-10-8-14-6-7-17(21)16(15(14)9-11-22)13-26-18-5-4-12-25-18/h4-7,12H,8-11,13H2,1-3H3. The fourth-order valence-corrected chi connectivity index (χ4v) is 5.20. The number of nitrogens with zero attached hydrogens (tertiary/aromatic N) is 1. The second-order valence-electron chi connectivity index (χ2n) is 7.35. The lowest BCUT2D eigenvalue weighted by Gasteiger charge is -2.26. The van der Waals surface area contributed by atoms with Crippen LogP contribution in [-0.4, -0.2) is 29.7 Å². The summed E-state index contributed by atoms with van der Waals surface area (Å²) in [4.78, 5) is 14.2. The van der Waals surface area contributed by atoms with Gasteiger partial charge in [0.15, 0.2) is 0 Å². The van der Waals surface area contributed by atoms with E-state index in [0.717, 1.165) is 23.6 Å². The van der Waals surface area contributed by atoms with Crippen molar-refractivity contribution in [3.8, 4) is 0 Å². The van der Waals surface area contributed by atoms with Gasteiger partial charge in [-0.1, -0.05) is 23.7 Å². The molecule has 3 nitrogen and oxygen atoms in total. The molecule has 140 valence electrons. The third-order valence-electron chi connectivity index (χ3n) is 4.26. The molecule has 1 aromatic carbocycles. The Labute approximate surface area is 168 Å². The van der Waals surface area contributed by atoms with Crippen LogP contribution in [0.3, 0.4) is 0 Å². The van der Waals surface area contributed by atoms with Crippen molar-refractivity contribution in [2.75, 3.05) is 13.1 Å². The van der Waals surface area contributed by atoms with Crippen LogP contribution in [0.5, 0.6) is 0 Å². The van der Waals surface area contributed by atoms with E-state index >= 15 is 0 Å². The number of ether oxygens (including phenoxy) is 1. The van der Waals surface area contributed by atoms with Crippen LogP contribution >= 0.6 is 34.7 Å². The fraction of sp³-hybridized carbons (Fsp3) is 0.450. The minimum Gasteiger partial charge on any atom is -0.444 e. The van der Waals surface area contributed by atoms with Crippen molar-refractivity contribution >= 4 is 40.8 Å². The van der Waals surface area contributed by atoms with E-state index in [1.54, 1.807) is 11.3 Å². The lowest BCUT2D eigenvalue weighted by molar-refractivity contribution is 0.0258. The molecule has 0 N–H and O–H groups in total. The van der Waals surface area contributed by atoms with Crippen LogP contribution in [0.2, 0.25) is 5.02 Å². The van der Waals surface area contributed by atoms with Gasteiger partial charge in [-0.2, -0.15) is 0 Å². The first-order chi connectivity index (χ1) is 12.3. The molecular formula is C20H24ClNO2S2. The topological polar surface area (TPSA) is 29.5 Å². The molecule has 1 amide bonds. The van der Waals surface area contributed by atoms with Gasteiger partial charge in [0.05, 0.1) is 4.21 Å². The predicted octanol–water partition coefficient (Wildman–Crippen LogP) is 6.03. The van der Waals surface area contributed by atoms with E-state index in [-0.39, 0.29) is 6.09 Å². The predicted molar refractivity (Wildman–Crippen MR) is 111 cm³/mol. The maximum absolute atomic E-state index is 12.4. The molecule has 0 bridgehead atoms. The van der Waals surface area contributed by atoms with E-state index in [1.165, 1.54) is 20.9 Å². The van der Waals surface area contributed by atoms with Gasteiger partial charge in [-0.3, -0.25) is 0 Å². The van der Waals surface area contributed by atoms with Crippen molar-refractivity contribution in [1.29, 1.82) is 0 Å². The summed E-state index contributed by atoms with van der Waals surface area (Å²) >= 11 is 10.1. The summed E-state index contributed by atoms with van der Waals surface area (Å²) < 4.78 is 6.83. The second kappa shape index (κ2) is 8.24. The quantitative estimate of drug-likeness (QED) is 0.579. The Morgan fingerprint density at radius 3 is 2.73 bits per heavy atom. The minimum absolute atomic E-state index is 0.231. The lowest BCUT2D eigenvalue weighted by atomic mass is 9.98. The van der Waals surface area contributed by atoms with Crippen LogP contribution in [-0.2, 0) is 23.3 Å². The molecule has 0 spiro atoms. The first-order valence-electron chi connectivity index (χ1n) is 8.77. The maximum Gasteiger partial charge on any atom is 0.410 e. The van der Waals surface area contributed by atoms with Crippen LogP contribution in [0.4, 0.5) is 4.79 Å². The van der Waals surface area contributed by atoms with Crippen molar-refractivity contribution in [3.63, 3.8) is 0 Å². The maximum atomic E-state index is 12.4. The Balaban J connectivity index is 1.75. The number of rotatable bonds is 3. The van der Waals surface area contributed by atoms with Crippen LogP contribution in [0.1, 0.15) is 37.5 Å². The summed E-state index contributed by atoms with van der Waals surface area (Å²) in [6.45, 7) is 7.05. The summed E-state index contributed by atoms with van der Waals surface area (Å²) in [5.74, 6) is 0.856. The van der Waals surface area contributed by atoms with Crippen molar-refractivity contribution in [2.45, 2.75) is 49.2 Å². The number of amides is 1. The SMILES string of the molecule is CC(C)(C)OC(=O)N1CCc2ccc(Cl)c(CSc3cccs3)c2CC1. The molecular weight excluding hydrogens is 386 g/mol. The number of hydrogen-bond donors (Lipinski definition) is 0. The first-order valence-corrected chi connectivity index (χ1v) is 11.0. The van der Waals surface area contributed by atoms with Crippen LogP contribution in [0.15, 0.2) is 33.9 Å². The molecule has 1 aliphatic rings. The molecule has 0 saturated heterocycles. The zero-order chi connectivity index (χ0) is 18.7. The first kappa shape index (κ1) is 19.6. The molecule has 3 rings (SSSR count). The lowest BCUT2D eigenvalue weighted by Crippen LogP contribution is -2.38. The van der Waals surface area contributed by atoms with Crippen molar-refractivity contribution in [3.05, 3.63) is 51.4 Å². The monoisotopic (exact) mass is 409 g/mol. The Bertz CT molecular complexity index is 769. The van der Waals surface area contributed by atoms with Crippen molar-refractivity contribution < 1.29 is 9.53 Å². The molecule has 0 aliphatic carbocycles. The van der Waals surface area contributed by atoms with Crippen LogP contribution in [0.25, 0.3) is 0 Å². The van der Waals surface area contributed by atoms with Crippen LogP contribution in [0, 0.1) is 0 Å². The molecule has 0 radical (unpaired) electrons. The third-order valence-corrected chi connectivity index (χ3v) is 6.77. The normalized spacial score (nSPS) is 14.7. The average molecular weight is 410 g/mol. The highest BCUT2D eigenvalue weighted by Crippen LogP contribution is 2.34. The van der Waals surface area contributed by atoms with Gasteiger partial charge in [-0.15, -0.1) is 23.1 Å². The van der Waals surface area contributed by atoms with Gasteiger partial charge in [-0.25, -0.2) is 4.79 Å². The Morgan fingerprint density at radius 2 is 2.04 bits per heavy atom. The summed E-state index contributed by atoms with van der Waals surface area (Å²) in [5, 5.41) is 2.91. The van der Waals surface area contributed by atoms with E-state index in [9.17, 15) is 4.79 Å². The van der Waals surface area contributed by atoms with E-state index in [2.05, 4.69) is 23.6 Å². The Kier molecular flexibility index (Phi) is 6.21. The third kappa shape index (κ3) is 4.96. The smallest absolute Gasteiger partial charge is 0.410 e. The molecule has 26 heavy (non-hydrogen) atoms. The summed E-state index contributed by atoms with van der Waals surface area (Å²) in [6, 6.07) is 8.30. The Hall–Kier alpha value is -1.17. The van der Waals surface area contributed by atoms with E-state index in [0.29, 0.717) is 13.1 Å². The number of hydrogen-bond acceptors (Lipinski definition) is 4. The largest absolute Gasteiger partial charge is 0.444 e. The number of thiophene rings is 1. The highest BCUT2D eigenvalue weighted by molar-refractivity contribution is 8.00. The highest BCUT2D eigenvalue weighted by atomic mass is 35.5. The van der Waals surface area contributed by atoms with Gasteiger partial charge in [-0.05, 0) is 67.8 Å². The molecule has 2 aromatic rings. The van der Waals surface area contributed by atoms with E-state index < -0.39 is 5.60 Å². The summed E-state index contributed by atoms with van der Waals surface area (Å²) in [5.41, 5.74) is 3.32. The molecule has 1 aromatic heterocycles. The van der Waals surface area contributed by atoms with Crippen LogP contribution < -0.4 is 0 Å². The average Bonchev–Trinajstić information content (AvgIpc) is 2.97. The molecule has 6 heteroatoms. The Morgan fingerprint density at radius 1 is 1.27 bits per heavy atom. The molecule has 0 unspecified atom stereocenters. The molecule has 0 fully saturated rings. The zero-order valence-corrected chi connectivity index (χ0v) is 17.8. The number of fused-ring (bicyclic) bond motifs is 1. The number of thioether (sulfide) groups is 1. The number of carbonyl (C=O) groups excluding carboxylic acids is 1. The summed E-state index contributed by atoms with van der Waals surface area (Å²) in [6.07, 6.45) is 1.42.